The van der Waals surface area contributed by atoms with Crippen LogP contribution < -0.4 is 15.4 Å². The highest BCUT2D eigenvalue weighted by Crippen LogP contribution is 2.21. The van der Waals surface area contributed by atoms with Crippen LogP contribution in [0.3, 0.4) is 0 Å². The number of anilines is 1. The first-order chi connectivity index (χ1) is 10.5. The summed E-state index contributed by atoms with van der Waals surface area (Å²) in [4.78, 5) is 16.2. The second kappa shape index (κ2) is 6.93. The standard InChI is InChI=1S/C15H20N4O3/c1-5-12(14-16-10(3)22-19-14)18-15(20)17-11-6-7-13(21-4)9(2)8-11/h6-8,12H,5H2,1-4H3,(H2,17,18,20)/t12-/m1/s1. The fraction of sp³-hybridized carbons (Fsp3) is 0.400. The SMILES string of the molecule is CC[C@@H](NC(=O)Nc1ccc(OC)c(C)c1)c1noc(C)n1. The summed E-state index contributed by atoms with van der Waals surface area (Å²) in [7, 11) is 1.61. The van der Waals surface area contributed by atoms with Crippen molar-refractivity contribution in [1.29, 1.82) is 0 Å². The van der Waals surface area contributed by atoms with E-state index in [4.69, 9.17) is 9.26 Å². The Morgan fingerprint density at radius 1 is 1.41 bits per heavy atom. The van der Waals surface area contributed by atoms with E-state index in [1.54, 1.807) is 20.1 Å². The quantitative estimate of drug-likeness (QED) is 0.886. The molecule has 1 aromatic carbocycles. The number of aryl methyl sites for hydroxylation is 2. The monoisotopic (exact) mass is 304 g/mol. The maximum absolute atomic E-state index is 12.1. The van der Waals surface area contributed by atoms with Crippen molar-refractivity contribution in [3.63, 3.8) is 0 Å². The average molecular weight is 304 g/mol. The summed E-state index contributed by atoms with van der Waals surface area (Å²) >= 11 is 0. The van der Waals surface area contributed by atoms with Crippen molar-refractivity contribution in [1.82, 2.24) is 15.5 Å². The van der Waals surface area contributed by atoms with Crippen molar-refractivity contribution in [3.05, 3.63) is 35.5 Å². The van der Waals surface area contributed by atoms with Gasteiger partial charge in [0.1, 0.15) is 5.75 Å². The summed E-state index contributed by atoms with van der Waals surface area (Å²) in [5.41, 5.74) is 1.64. The molecule has 0 saturated heterocycles. The molecule has 1 heterocycles. The Bertz CT molecular complexity index is 654. The molecule has 7 heteroatoms. The normalized spacial score (nSPS) is 11.8. The van der Waals surface area contributed by atoms with E-state index in [1.807, 2.05) is 26.0 Å². The molecule has 0 unspecified atom stereocenters. The maximum atomic E-state index is 12.1. The topological polar surface area (TPSA) is 89.3 Å². The van der Waals surface area contributed by atoms with E-state index < -0.39 is 0 Å². The van der Waals surface area contributed by atoms with Crippen molar-refractivity contribution in [2.75, 3.05) is 12.4 Å². The zero-order valence-corrected chi connectivity index (χ0v) is 13.1. The van der Waals surface area contributed by atoms with Gasteiger partial charge in [-0.3, -0.25) is 0 Å². The van der Waals surface area contributed by atoms with Crippen LogP contribution in [0, 0.1) is 13.8 Å². The molecule has 0 saturated carbocycles. The zero-order chi connectivity index (χ0) is 16.1. The predicted octanol–water partition coefficient (Wildman–Crippen LogP) is 2.97. The number of amides is 2. The highest BCUT2D eigenvalue weighted by molar-refractivity contribution is 5.89. The predicted molar refractivity (Wildman–Crippen MR) is 82.0 cm³/mol. The van der Waals surface area contributed by atoms with Crippen molar-refractivity contribution in [3.8, 4) is 5.75 Å². The average Bonchev–Trinajstić information content (AvgIpc) is 2.91. The number of nitrogens with one attached hydrogen (secondary N) is 2. The molecule has 0 spiro atoms. The van der Waals surface area contributed by atoms with E-state index in [9.17, 15) is 4.79 Å². The lowest BCUT2D eigenvalue weighted by Crippen LogP contribution is -2.32. The molecule has 2 N–H and O–H groups in total. The third-order valence-corrected chi connectivity index (χ3v) is 3.22. The minimum atomic E-state index is -0.320. The second-order valence-electron chi connectivity index (χ2n) is 4.92. The molecular formula is C15H20N4O3. The summed E-state index contributed by atoms with van der Waals surface area (Å²) in [6.07, 6.45) is 0.661. The van der Waals surface area contributed by atoms with Crippen LogP contribution in [0.1, 0.15) is 36.7 Å². The number of urea groups is 1. The number of ether oxygens (including phenoxy) is 1. The van der Waals surface area contributed by atoms with Crippen LogP contribution in [0.2, 0.25) is 0 Å². The van der Waals surface area contributed by atoms with Crippen LogP contribution in [0.5, 0.6) is 5.75 Å². The third-order valence-electron chi connectivity index (χ3n) is 3.22. The van der Waals surface area contributed by atoms with Gasteiger partial charge in [0, 0.05) is 12.6 Å². The van der Waals surface area contributed by atoms with Gasteiger partial charge in [0.2, 0.25) is 5.89 Å². The number of rotatable bonds is 5. The number of aromatic nitrogens is 2. The molecular weight excluding hydrogens is 284 g/mol. The summed E-state index contributed by atoms with van der Waals surface area (Å²) in [5, 5.41) is 9.45. The van der Waals surface area contributed by atoms with Crippen LogP contribution in [0.25, 0.3) is 0 Å². The summed E-state index contributed by atoms with van der Waals surface area (Å²) in [6, 6.07) is 4.82. The van der Waals surface area contributed by atoms with Gasteiger partial charge < -0.3 is 19.9 Å². The van der Waals surface area contributed by atoms with Gasteiger partial charge in [0.15, 0.2) is 5.82 Å². The number of carbonyl (C=O) groups is 1. The highest BCUT2D eigenvalue weighted by Gasteiger charge is 2.18. The van der Waals surface area contributed by atoms with Crippen LogP contribution in [-0.4, -0.2) is 23.3 Å². The Hall–Kier alpha value is -2.57. The van der Waals surface area contributed by atoms with Gasteiger partial charge in [-0.2, -0.15) is 4.98 Å². The van der Waals surface area contributed by atoms with Crippen LogP contribution in [-0.2, 0) is 0 Å². The molecule has 2 amide bonds. The van der Waals surface area contributed by atoms with Crippen molar-refractivity contribution in [2.45, 2.75) is 33.2 Å². The Balaban J connectivity index is 2.01. The lowest BCUT2D eigenvalue weighted by Gasteiger charge is -2.14. The molecule has 0 fully saturated rings. The Labute approximate surface area is 129 Å². The minimum Gasteiger partial charge on any atom is -0.496 e. The number of hydrogen-bond donors (Lipinski definition) is 2. The smallest absolute Gasteiger partial charge is 0.319 e. The van der Waals surface area contributed by atoms with Gasteiger partial charge in [0.05, 0.1) is 13.2 Å². The van der Waals surface area contributed by atoms with E-state index in [0.717, 1.165) is 11.3 Å². The van der Waals surface area contributed by atoms with Crippen molar-refractivity contribution >= 4 is 11.7 Å². The van der Waals surface area contributed by atoms with Crippen LogP contribution in [0.15, 0.2) is 22.7 Å². The fourth-order valence-corrected chi connectivity index (χ4v) is 2.09. The molecule has 1 aromatic heterocycles. The van der Waals surface area contributed by atoms with Crippen molar-refractivity contribution in [2.24, 2.45) is 0 Å². The maximum Gasteiger partial charge on any atom is 0.319 e. The molecule has 0 aliphatic heterocycles. The number of carbonyl (C=O) groups excluding carboxylic acids is 1. The molecule has 2 rings (SSSR count). The molecule has 7 nitrogen and oxygen atoms in total. The first-order valence-corrected chi connectivity index (χ1v) is 7.05. The number of nitrogens with zero attached hydrogens (tertiary/aromatic N) is 2. The summed E-state index contributed by atoms with van der Waals surface area (Å²) < 4.78 is 10.1. The second-order valence-corrected chi connectivity index (χ2v) is 4.92. The minimum absolute atomic E-state index is 0.295. The Morgan fingerprint density at radius 3 is 2.73 bits per heavy atom. The molecule has 0 bridgehead atoms. The lowest BCUT2D eigenvalue weighted by molar-refractivity contribution is 0.247. The molecule has 0 radical (unpaired) electrons. The van der Waals surface area contributed by atoms with Gasteiger partial charge >= 0.3 is 6.03 Å². The van der Waals surface area contributed by atoms with E-state index in [0.29, 0.717) is 23.8 Å². The summed E-state index contributed by atoms with van der Waals surface area (Å²) in [6.45, 7) is 5.57. The van der Waals surface area contributed by atoms with Gasteiger partial charge in [-0.15, -0.1) is 0 Å². The number of methoxy groups -OCH3 is 1. The van der Waals surface area contributed by atoms with Gasteiger partial charge in [0.25, 0.3) is 0 Å². The summed E-state index contributed by atoms with van der Waals surface area (Å²) in [5.74, 6) is 1.72. The van der Waals surface area contributed by atoms with E-state index in [-0.39, 0.29) is 12.1 Å². The molecule has 22 heavy (non-hydrogen) atoms. The van der Waals surface area contributed by atoms with E-state index in [1.165, 1.54) is 0 Å². The largest absolute Gasteiger partial charge is 0.496 e. The van der Waals surface area contributed by atoms with Gasteiger partial charge in [-0.05, 0) is 37.1 Å². The van der Waals surface area contributed by atoms with E-state index in [2.05, 4.69) is 20.8 Å². The Morgan fingerprint density at radius 2 is 2.18 bits per heavy atom. The third kappa shape index (κ3) is 3.75. The lowest BCUT2D eigenvalue weighted by atomic mass is 10.2. The zero-order valence-electron chi connectivity index (χ0n) is 13.1. The van der Waals surface area contributed by atoms with Gasteiger partial charge in [-0.25, -0.2) is 4.79 Å². The van der Waals surface area contributed by atoms with Gasteiger partial charge in [-0.1, -0.05) is 12.1 Å². The highest BCUT2D eigenvalue weighted by atomic mass is 16.5. The first-order valence-electron chi connectivity index (χ1n) is 7.05. The fourth-order valence-electron chi connectivity index (χ4n) is 2.09. The first kappa shape index (κ1) is 15.8. The molecule has 0 aliphatic rings. The van der Waals surface area contributed by atoms with Crippen LogP contribution >= 0.6 is 0 Å². The molecule has 2 aromatic rings. The number of benzene rings is 1. The molecule has 118 valence electrons. The van der Waals surface area contributed by atoms with Crippen LogP contribution in [0.4, 0.5) is 10.5 Å². The molecule has 1 atom stereocenters. The number of hydrogen-bond acceptors (Lipinski definition) is 5. The van der Waals surface area contributed by atoms with E-state index >= 15 is 0 Å². The molecule has 0 aliphatic carbocycles. The Kier molecular flexibility index (Phi) is 4.98. The van der Waals surface area contributed by atoms with Crippen molar-refractivity contribution < 1.29 is 14.1 Å².